The van der Waals surface area contributed by atoms with Gasteiger partial charge in [-0.2, -0.15) is 8.42 Å². The molecule has 0 radical (unpaired) electrons. The molecule has 10 heteroatoms. The molecule has 0 aromatic heterocycles. The Morgan fingerprint density at radius 3 is 2.20 bits per heavy atom. The van der Waals surface area contributed by atoms with Gasteiger partial charge in [-0.1, -0.05) is 13.8 Å². The Balaban J connectivity index is 0.000000621. The topological polar surface area (TPSA) is 141 Å². The van der Waals surface area contributed by atoms with Crippen LogP contribution in [0.1, 0.15) is 26.7 Å². The molecule has 0 spiro atoms. The molecule has 0 saturated carbocycles. The summed E-state index contributed by atoms with van der Waals surface area (Å²) in [6.45, 7) is 4.33. The zero-order valence-electron chi connectivity index (χ0n) is 11.9. The standard InChI is InChI=1S/C9H19BN2O3.CH4O3S/c1-6(2)8(11)9(13)12-5-3-4-7(12)10(14)15;1-5(2,3)4/h6-8,14-15H,3-5,11H2,1-2H3;1H3,(H,2,3,4)/t7-,8?;/m0./s1. The van der Waals surface area contributed by atoms with E-state index in [0.717, 1.165) is 6.42 Å². The Morgan fingerprint density at radius 1 is 1.40 bits per heavy atom. The fourth-order valence-electron chi connectivity index (χ4n) is 1.85. The Morgan fingerprint density at radius 2 is 1.85 bits per heavy atom. The van der Waals surface area contributed by atoms with Crippen molar-refractivity contribution in [1.82, 2.24) is 4.90 Å². The van der Waals surface area contributed by atoms with Crippen LogP contribution in [0.5, 0.6) is 0 Å². The van der Waals surface area contributed by atoms with E-state index in [0.29, 0.717) is 19.2 Å². The minimum atomic E-state index is -3.67. The number of carbonyl (C=O) groups is 1. The van der Waals surface area contributed by atoms with Crippen molar-refractivity contribution in [2.24, 2.45) is 11.7 Å². The molecule has 20 heavy (non-hydrogen) atoms. The van der Waals surface area contributed by atoms with Crippen LogP contribution in [0.25, 0.3) is 0 Å². The van der Waals surface area contributed by atoms with Gasteiger partial charge in [0.05, 0.1) is 18.2 Å². The van der Waals surface area contributed by atoms with Gasteiger partial charge in [0.15, 0.2) is 0 Å². The molecule has 0 aromatic rings. The monoisotopic (exact) mass is 310 g/mol. The molecule has 1 saturated heterocycles. The van der Waals surface area contributed by atoms with Crippen LogP contribution >= 0.6 is 0 Å². The van der Waals surface area contributed by atoms with Gasteiger partial charge in [-0.15, -0.1) is 0 Å². The predicted octanol–water partition coefficient (Wildman–Crippen LogP) is -1.52. The van der Waals surface area contributed by atoms with E-state index in [-0.39, 0.29) is 11.8 Å². The SMILES string of the molecule is CC(C)C(N)C(=O)N1CCC[C@H]1B(O)O.CS(=O)(=O)O. The summed E-state index contributed by atoms with van der Waals surface area (Å²) >= 11 is 0. The summed E-state index contributed by atoms with van der Waals surface area (Å²) < 4.78 is 25.9. The summed E-state index contributed by atoms with van der Waals surface area (Å²) in [5, 5.41) is 18.2. The second kappa shape index (κ2) is 7.94. The van der Waals surface area contributed by atoms with Crippen molar-refractivity contribution in [3.63, 3.8) is 0 Å². The smallest absolute Gasteiger partial charge is 0.426 e. The molecule has 2 atom stereocenters. The van der Waals surface area contributed by atoms with E-state index in [1.807, 2.05) is 13.8 Å². The van der Waals surface area contributed by atoms with E-state index >= 15 is 0 Å². The lowest BCUT2D eigenvalue weighted by Gasteiger charge is -2.28. The molecule has 8 nitrogen and oxygen atoms in total. The van der Waals surface area contributed by atoms with Crippen molar-refractivity contribution >= 4 is 23.1 Å². The number of nitrogens with zero attached hydrogens (tertiary/aromatic N) is 1. The average Bonchev–Trinajstić information content (AvgIpc) is 2.73. The quantitative estimate of drug-likeness (QED) is 0.366. The van der Waals surface area contributed by atoms with Crippen molar-refractivity contribution in [2.45, 2.75) is 38.7 Å². The zero-order valence-corrected chi connectivity index (χ0v) is 12.7. The van der Waals surface area contributed by atoms with Crippen LogP contribution in [0.3, 0.4) is 0 Å². The Labute approximate surface area is 119 Å². The maximum Gasteiger partial charge on any atom is 0.475 e. The van der Waals surface area contributed by atoms with Gasteiger partial charge in [0, 0.05) is 6.54 Å². The first-order valence-electron chi connectivity index (χ1n) is 6.29. The second-order valence-corrected chi connectivity index (χ2v) is 6.62. The van der Waals surface area contributed by atoms with E-state index < -0.39 is 29.2 Å². The Hall–Kier alpha value is -0.675. The molecule has 5 N–H and O–H groups in total. The minimum absolute atomic E-state index is 0.0644. The molecule has 1 amide bonds. The van der Waals surface area contributed by atoms with Gasteiger partial charge in [0.1, 0.15) is 0 Å². The summed E-state index contributed by atoms with van der Waals surface area (Å²) in [5.41, 5.74) is 5.75. The molecule has 1 unspecified atom stereocenters. The number of nitrogens with two attached hydrogens (primary N) is 1. The first-order valence-corrected chi connectivity index (χ1v) is 8.14. The van der Waals surface area contributed by atoms with Crippen LogP contribution in [-0.2, 0) is 14.9 Å². The highest BCUT2D eigenvalue weighted by molar-refractivity contribution is 7.85. The van der Waals surface area contributed by atoms with Gasteiger partial charge in [-0.05, 0) is 18.8 Å². The van der Waals surface area contributed by atoms with Crippen molar-refractivity contribution in [3.8, 4) is 0 Å². The summed E-state index contributed by atoms with van der Waals surface area (Å²) in [6.07, 6.45) is 2.15. The first-order chi connectivity index (χ1) is 8.95. The molecular formula is C10H23BN2O6S. The lowest BCUT2D eigenvalue weighted by molar-refractivity contribution is -0.133. The highest BCUT2D eigenvalue weighted by Crippen LogP contribution is 2.19. The summed E-state index contributed by atoms with van der Waals surface area (Å²) in [5.74, 6) is -0.600. The van der Waals surface area contributed by atoms with E-state index in [2.05, 4.69) is 0 Å². The maximum atomic E-state index is 11.9. The Bertz CT molecular complexity index is 406. The fraction of sp³-hybridized carbons (Fsp3) is 0.900. The van der Waals surface area contributed by atoms with Gasteiger partial charge in [0.2, 0.25) is 5.91 Å². The molecule has 1 aliphatic heterocycles. The van der Waals surface area contributed by atoms with Crippen molar-refractivity contribution in [2.75, 3.05) is 12.8 Å². The highest BCUT2D eigenvalue weighted by Gasteiger charge is 2.38. The minimum Gasteiger partial charge on any atom is -0.426 e. The van der Waals surface area contributed by atoms with Crippen LogP contribution in [0.4, 0.5) is 0 Å². The lowest BCUT2D eigenvalue weighted by Crippen LogP contribution is -2.52. The number of rotatable bonds is 3. The third-order valence-electron chi connectivity index (χ3n) is 2.93. The predicted molar refractivity (Wildman–Crippen MR) is 75.2 cm³/mol. The summed E-state index contributed by atoms with van der Waals surface area (Å²) in [4.78, 5) is 13.4. The van der Waals surface area contributed by atoms with Gasteiger partial charge < -0.3 is 20.7 Å². The molecule has 0 aliphatic carbocycles. The van der Waals surface area contributed by atoms with E-state index in [1.54, 1.807) is 0 Å². The van der Waals surface area contributed by atoms with Crippen LogP contribution in [0.2, 0.25) is 0 Å². The van der Waals surface area contributed by atoms with E-state index in [9.17, 15) is 13.2 Å². The van der Waals surface area contributed by atoms with E-state index in [1.165, 1.54) is 4.90 Å². The molecule has 1 fully saturated rings. The third kappa shape index (κ3) is 7.20. The second-order valence-electron chi connectivity index (χ2n) is 5.16. The molecular weight excluding hydrogens is 287 g/mol. The van der Waals surface area contributed by atoms with Crippen molar-refractivity contribution in [3.05, 3.63) is 0 Å². The third-order valence-corrected chi connectivity index (χ3v) is 2.93. The van der Waals surface area contributed by atoms with Crippen LogP contribution < -0.4 is 5.73 Å². The van der Waals surface area contributed by atoms with Crippen LogP contribution in [-0.4, -0.2) is 65.7 Å². The van der Waals surface area contributed by atoms with Gasteiger partial charge in [-0.3, -0.25) is 9.35 Å². The number of hydrogen-bond acceptors (Lipinski definition) is 6. The summed E-state index contributed by atoms with van der Waals surface area (Å²) in [6, 6.07) is -0.552. The lowest BCUT2D eigenvalue weighted by atomic mass is 9.77. The molecule has 0 bridgehead atoms. The largest absolute Gasteiger partial charge is 0.475 e. The number of amides is 1. The van der Waals surface area contributed by atoms with E-state index in [4.69, 9.17) is 20.3 Å². The average molecular weight is 310 g/mol. The zero-order chi connectivity index (χ0) is 16.1. The normalized spacial score (nSPS) is 20.4. The summed E-state index contributed by atoms with van der Waals surface area (Å²) in [7, 11) is -5.13. The van der Waals surface area contributed by atoms with Crippen molar-refractivity contribution < 1.29 is 27.8 Å². The molecule has 1 heterocycles. The maximum absolute atomic E-state index is 11.9. The number of hydrogen-bond donors (Lipinski definition) is 4. The molecule has 118 valence electrons. The number of likely N-dealkylation sites (tertiary alicyclic amines) is 1. The van der Waals surface area contributed by atoms with Crippen molar-refractivity contribution in [1.29, 1.82) is 0 Å². The Kier molecular flexibility index (Phi) is 7.67. The molecule has 0 aromatic carbocycles. The van der Waals surface area contributed by atoms with Gasteiger partial charge in [-0.25, -0.2) is 0 Å². The van der Waals surface area contributed by atoms with Crippen LogP contribution in [0, 0.1) is 5.92 Å². The molecule has 1 aliphatic rings. The van der Waals surface area contributed by atoms with Gasteiger partial charge >= 0.3 is 7.12 Å². The van der Waals surface area contributed by atoms with Crippen LogP contribution in [0.15, 0.2) is 0 Å². The number of carbonyl (C=O) groups excluding carboxylic acids is 1. The molecule has 1 rings (SSSR count). The first kappa shape index (κ1) is 19.3. The fourth-order valence-corrected chi connectivity index (χ4v) is 1.85. The van der Waals surface area contributed by atoms with Gasteiger partial charge in [0.25, 0.3) is 10.1 Å². The highest BCUT2D eigenvalue weighted by atomic mass is 32.2.